The minimum atomic E-state index is -2.44. The summed E-state index contributed by atoms with van der Waals surface area (Å²) in [6.45, 7) is 5.09. The largest absolute Gasteiger partial charge is 0.456 e. The van der Waals surface area contributed by atoms with Crippen molar-refractivity contribution in [3.05, 3.63) is 267 Å². The molecule has 13 aromatic carbocycles. The van der Waals surface area contributed by atoms with E-state index in [1.54, 1.807) is 0 Å². The van der Waals surface area contributed by atoms with E-state index in [4.69, 9.17) is 8.83 Å². The zero-order valence-electron chi connectivity index (χ0n) is 43.6. The standard InChI is InChI=1S/C74H50N2O2Si/c1-79(2)71-38-20-31-59-62-46-67(76(65-34-16-12-26-52(65)48-23-7-4-8-24-48)49-39-41-57-55-29-13-17-36-68(55)77-70(57)43-49)54-28-10-9-27-53(54)61(62)45-63(73(59)71)58-42-40-50(44-72(58)79)75(64-33-15-11-25-51(64)47-21-5-3-6-22-47)66-35-19-32-60-56-30-14-18-37-69(56)78-74(60)66/h3-46H,1-2H3. The van der Waals surface area contributed by atoms with Crippen LogP contribution in [0.3, 0.4) is 0 Å². The number of anilines is 6. The summed E-state index contributed by atoms with van der Waals surface area (Å²) >= 11 is 0. The number of furan rings is 2. The van der Waals surface area contributed by atoms with Crippen molar-refractivity contribution in [1.29, 1.82) is 0 Å². The van der Waals surface area contributed by atoms with Crippen LogP contribution in [0.1, 0.15) is 0 Å². The Morgan fingerprint density at radius 2 is 0.785 bits per heavy atom. The lowest BCUT2D eigenvalue weighted by Gasteiger charge is -2.36. The Morgan fingerprint density at radius 3 is 1.51 bits per heavy atom. The second-order valence-corrected chi connectivity index (χ2v) is 25.8. The molecule has 0 aliphatic carbocycles. The van der Waals surface area contributed by atoms with Gasteiger partial charge >= 0.3 is 0 Å². The molecular weight excluding hydrogens is 977 g/mol. The number of para-hydroxylation sites is 5. The number of benzene rings is 13. The van der Waals surface area contributed by atoms with Crippen LogP contribution in [0.2, 0.25) is 13.1 Å². The summed E-state index contributed by atoms with van der Waals surface area (Å²) in [5, 5.41) is 14.7. The van der Waals surface area contributed by atoms with Gasteiger partial charge in [0.2, 0.25) is 0 Å². The van der Waals surface area contributed by atoms with E-state index in [9.17, 15) is 0 Å². The van der Waals surface area contributed by atoms with Crippen molar-refractivity contribution in [2.24, 2.45) is 0 Å². The van der Waals surface area contributed by atoms with E-state index in [-0.39, 0.29) is 0 Å². The molecule has 0 saturated heterocycles. The predicted molar refractivity (Wildman–Crippen MR) is 336 cm³/mol. The third-order valence-electron chi connectivity index (χ3n) is 16.8. The van der Waals surface area contributed by atoms with Gasteiger partial charge in [-0.3, -0.25) is 0 Å². The van der Waals surface area contributed by atoms with Gasteiger partial charge in [-0.15, -0.1) is 0 Å². The summed E-state index contributed by atoms with van der Waals surface area (Å²) in [6.07, 6.45) is 0. The summed E-state index contributed by atoms with van der Waals surface area (Å²) in [4.78, 5) is 4.91. The maximum Gasteiger partial charge on any atom is 0.159 e. The van der Waals surface area contributed by atoms with Crippen molar-refractivity contribution in [3.8, 4) is 33.4 Å². The summed E-state index contributed by atoms with van der Waals surface area (Å²) in [7, 11) is -2.44. The van der Waals surface area contributed by atoms with Crippen LogP contribution in [-0.4, -0.2) is 8.07 Å². The second-order valence-electron chi connectivity index (χ2n) is 21.5. The van der Waals surface area contributed by atoms with Crippen LogP contribution in [-0.2, 0) is 0 Å². The highest BCUT2D eigenvalue weighted by Crippen LogP contribution is 2.51. The SMILES string of the molecule is C[Si]1(C)c2cc(N(c3ccccc3-c3ccccc3)c3cccc4c3oc3ccccc34)ccc2-c2cc3c4ccccc4c(N(c4ccc5c(c4)oc4ccccc45)c4ccccc4-c4ccccc4)cc3c3cccc1c23. The monoisotopic (exact) mass is 1030 g/mol. The highest BCUT2D eigenvalue weighted by atomic mass is 28.3. The average molecular weight is 1030 g/mol. The summed E-state index contributed by atoms with van der Waals surface area (Å²) < 4.78 is 13.5. The van der Waals surface area contributed by atoms with Crippen molar-refractivity contribution in [3.63, 3.8) is 0 Å². The van der Waals surface area contributed by atoms with E-state index < -0.39 is 8.07 Å². The molecule has 79 heavy (non-hydrogen) atoms. The Labute approximate surface area is 458 Å². The molecule has 0 spiro atoms. The molecule has 4 nitrogen and oxygen atoms in total. The molecular formula is C74H50N2O2Si. The third kappa shape index (κ3) is 6.93. The lowest BCUT2D eigenvalue weighted by molar-refractivity contribution is 0.668. The molecule has 16 rings (SSSR count). The van der Waals surface area contributed by atoms with Gasteiger partial charge in [0.05, 0.1) is 22.7 Å². The molecule has 0 atom stereocenters. The van der Waals surface area contributed by atoms with Gasteiger partial charge < -0.3 is 18.6 Å². The zero-order chi connectivity index (χ0) is 52.3. The van der Waals surface area contributed by atoms with Gasteiger partial charge in [-0.25, -0.2) is 0 Å². The molecule has 0 unspecified atom stereocenters. The second kappa shape index (κ2) is 17.5. The van der Waals surface area contributed by atoms with Crippen molar-refractivity contribution in [2.75, 3.05) is 9.80 Å². The first-order chi connectivity index (χ1) is 39.0. The van der Waals surface area contributed by atoms with Crippen LogP contribution >= 0.6 is 0 Å². The van der Waals surface area contributed by atoms with E-state index in [2.05, 4.69) is 284 Å². The van der Waals surface area contributed by atoms with Crippen molar-refractivity contribution >= 4 is 129 Å². The van der Waals surface area contributed by atoms with Crippen LogP contribution in [0.15, 0.2) is 276 Å². The Hall–Kier alpha value is -9.94. The van der Waals surface area contributed by atoms with Gasteiger partial charge in [0, 0.05) is 55.5 Å². The molecule has 1 aliphatic rings. The molecule has 15 aromatic rings. The zero-order valence-corrected chi connectivity index (χ0v) is 44.6. The van der Waals surface area contributed by atoms with Gasteiger partial charge in [-0.05, 0) is 126 Å². The molecule has 0 saturated carbocycles. The minimum Gasteiger partial charge on any atom is -0.456 e. The lowest BCUT2D eigenvalue weighted by Crippen LogP contribution is -2.56. The van der Waals surface area contributed by atoms with Crippen LogP contribution < -0.4 is 20.2 Å². The number of fused-ring (bicyclic) bond motifs is 12. The van der Waals surface area contributed by atoms with Gasteiger partial charge in [-0.2, -0.15) is 0 Å². The number of hydrogen-bond acceptors (Lipinski definition) is 4. The molecule has 1 aliphatic heterocycles. The fourth-order valence-electron chi connectivity index (χ4n) is 13.2. The number of hydrogen-bond donors (Lipinski definition) is 0. The summed E-state index contributed by atoms with van der Waals surface area (Å²) in [6, 6.07) is 97.5. The molecule has 0 N–H and O–H groups in total. The maximum atomic E-state index is 6.86. The Balaban J connectivity index is 0.933. The molecule has 2 aromatic heterocycles. The average Bonchev–Trinajstić information content (AvgIpc) is 4.26. The van der Waals surface area contributed by atoms with Gasteiger partial charge in [0.1, 0.15) is 24.8 Å². The smallest absolute Gasteiger partial charge is 0.159 e. The molecule has 3 heterocycles. The van der Waals surface area contributed by atoms with E-state index >= 15 is 0 Å². The normalized spacial score (nSPS) is 12.8. The lowest BCUT2D eigenvalue weighted by atomic mass is 9.89. The van der Waals surface area contributed by atoms with E-state index in [1.807, 2.05) is 6.07 Å². The molecule has 0 fully saturated rings. The first kappa shape index (κ1) is 45.3. The molecule has 0 radical (unpaired) electrons. The fourth-order valence-corrected chi connectivity index (χ4v) is 16.3. The van der Waals surface area contributed by atoms with Gasteiger partial charge in [0.25, 0.3) is 0 Å². The fraction of sp³-hybridized carbons (Fsp3) is 0.0270. The quantitative estimate of drug-likeness (QED) is 0.112. The van der Waals surface area contributed by atoms with Crippen LogP contribution in [0, 0.1) is 0 Å². The molecule has 5 heteroatoms. The maximum absolute atomic E-state index is 6.86. The first-order valence-electron chi connectivity index (χ1n) is 27.2. The number of nitrogens with zero attached hydrogens (tertiary/aromatic N) is 2. The van der Waals surface area contributed by atoms with Crippen LogP contribution in [0.4, 0.5) is 34.1 Å². The van der Waals surface area contributed by atoms with E-state index in [1.165, 1.54) is 53.8 Å². The number of rotatable bonds is 8. The minimum absolute atomic E-state index is 0.858. The predicted octanol–water partition coefficient (Wildman–Crippen LogP) is 20.0. The highest BCUT2D eigenvalue weighted by molar-refractivity contribution is 7.03. The molecule has 0 amide bonds. The van der Waals surface area contributed by atoms with Gasteiger partial charge in [-0.1, -0.05) is 207 Å². The Bertz CT molecular complexity index is 4960. The topological polar surface area (TPSA) is 32.8 Å². The van der Waals surface area contributed by atoms with Crippen molar-refractivity contribution in [2.45, 2.75) is 13.1 Å². The van der Waals surface area contributed by atoms with Gasteiger partial charge in [0.15, 0.2) is 5.58 Å². The van der Waals surface area contributed by atoms with Crippen LogP contribution in [0.25, 0.3) is 110 Å². The van der Waals surface area contributed by atoms with Crippen LogP contribution in [0.5, 0.6) is 0 Å². The van der Waals surface area contributed by atoms with E-state index in [0.29, 0.717) is 0 Å². The Kier molecular flexibility index (Phi) is 10.1. The Morgan fingerprint density at radius 1 is 0.278 bits per heavy atom. The highest BCUT2D eigenvalue weighted by Gasteiger charge is 2.37. The molecule has 0 bridgehead atoms. The summed E-state index contributed by atoms with van der Waals surface area (Å²) in [5.41, 5.74) is 17.1. The summed E-state index contributed by atoms with van der Waals surface area (Å²) in [5.74, 6) is 0. The van der Waals surface area contributed by atoms with Crippen molar-refractivity contribution in [1.82, 2.24) is 0 Å². The first-order valence-corrected chi connectivity index (χ1v) is 30.2. The van der Waals surface area contributed by atoms with Crippen molar-refractivity contribution < 1.29 is 8.83 Å². The third-order valence-corrected chi connectivity index (χ3v) is 20.3. The molecule has 372 valence electrons. The van der Waals surface area contributed by atoms with E-state index in [0.717, 1.165) is 100 Å².